The van der Waals surface area contributed by atoms with Crippen molar-refractivity contribution in [1.29, 1.82) is 0 Å². The first-order valence-corrected chi connectivity index (χ1v) is 9.61. The summed E-state index contributed by atoms with van der Waals surface area (Å²) in [7, 11) is 4.24. The molecule has 2 aliphatic rings. The number of primary amides is 2. The Bertz CT molecular complexity index is 961. The Hall–Kier alpha value is -2.64. The lowest BCUT2D eigenvalue weighted by atomic mass is 9.80. The average molecular weight is 381 g/mol. The molecule has 2 heterocycles. The zero-order chi connectivity index (χ0) is 20.0. The van der Waals surface area contributed by atoms with Gasteiger partial charge in [0.1, 0.15) is 0 Å². The van der Waals surface area contributed by atoms with Crippen LogP contribution in [0.1, 0.15) is 11.1 Å². The first-order chi connectivity index (χ1) is 13.3. The second-order valence-corrected chi connectivity index (χ2v) is 8.11. The maximum absolute atomic E-state index is 11.4. The molecule has 0 saturated heterocycles. The van der Waals surface area contributed by atoms with E-state index in [-0.39, 0.29) is 19.0 Å². The number of hydrogen-bond acceptors (Lipinski definition) is 4. The van der Waals surface area contributed by atoms with Crippen molar-refractivity contribution in [2.45, 2.75) is 12.5 Å². The van der Waals surface area contributed by atoms with Crippen molar-refractivity contribution in [3.8, 4) is 0 Å². The number of hydrogen-bond donors (Lipinski definition) is 2. The number of aryl methyl sites for hydroxylation is 1. The summed E-state index contributed by atoms with van der Waals surface area (Å²) in [6, 6.07) is 6.82. The second-order valence-electron chi connectivity index (χ2n) is 8.11. The van der Waals surface area contributed by atoms with E-state index in [0.29, 0.717) is 12.6 Å². The van der Waals surface area contributed by atoms with Gasteiger partial charge in [-0.3, -0.25) is 19.4 Å². The molecular formula is C21H27N5O2. The summed E-state index contributed by atoms with van der Waals surface area (Å²) in [4.78, 5) is 26.9. The van der Waals surface area contributed by atoms with E-state index < -0.39 is 11.8 Å². The summed E-state index contributed by atoms with van der Waals surface area (Å²) in [5, 5.41) is 1.34. The van der Waals surface area contributed by atoms with Gasteiger partial charge in [-0.25, -0.2) is 0 Å². The van der Waals surface area contributed by atoms with Gasteiger partial charge in [0.25, 0.3) is 0 Å². The highest BCUT2D eigenvalue weighted by Gasteiger charge is 2.34. The van der Waals surface area contributed by atoms with Gasteiger partial charge in [0.05, 0.1) is 13.1 Å². The molecule has 0 fully saturated rings. The lowest BCUT2D eigenvalue weighted by molar-refractivity contribution is -0.122. The van der Waals surface area contributed by atoms with Gasteiger partial charge >= 0.3 is 0 Å². The summed E-state index contributed by atoms with van der Waals surface area (Å²) >= 11 is 0. The highest BCUT2D eigenvalue weighted by atomic mass is 16.2. The molecule has 1 aromatic carbocycles. The van der Waals surface area contributed by atoms with Gasteiger partial charge in [-0.1, -0.05) is 18.2 Å². The van der Waals surface area contributed by atoms with Crippen molar-refractivity contribution in [3.63, 3.8) is 0 Å². The fourth-order valence-electron chi connectivity index (χ4n) is 4.90. The predicted molar refractivity (Wildman–Crippen MR) is 109 cm³/mol. The van der Waals surface area contributed by atoms with Crippen molar-refractivity contribution in [1.82, 2.24) is 14.4 Å². The largest absolute Gasteiger partial charge is 0.369 e. The Morgan fingerprint density at radius 2 is 1.89 bits per heavy atom. The van der Waals surface area contributed by atoms with E-state index in [0.717, 1.165) is 13.0 Å². The van der Waals surface area contributed by atoms with Gasteiger partial charge in [0.15, 0.2) is 0 Å². The molecule has 148 valence electrons. The number of benzene rings is 1. The van der Waals surface area contributed by atoms with Crippen LogP contribution < -0.4 is 11.5 Å². The standard InChI is InChI=1S/C21H27N5O2/c1-24-8-13(9-26(11-19(22)27)12-20(23)28)6-16-15-4-3-5-17-21(15)14(7-18(16)24)10-25(17)2/h3-6,10,13,18H,7-9,11-12H2,1-2H3,(H2,22,27)(H2,23,28)/t13-,18-/m1/s1. The molecule has 0 spiro atoms. The summed E-state index contributed by atoms with van der Waals surface area (Å²) in [6.07, 6.45) is 5.56. The van der Waals surface area contributed by atoms with Crippen molar-refractivity contribution in [3.05, 3.63) is 41.6 Å². The Morgan fingerprint density at radius 1 is 1.18 bits per heavy atom. The van der Waals surface area contributed by atoms with Crippen LogP contribution in [0, 0.1) is 5.92 Å². The molecule has 0 radical (unpaired) electrons. The van der Waals surface area contributed by atoms with Gasteiger partial charge in [0, 0.05) is 49.2 Å². The minimum absolute atomic E-state index is 0.0359. The molecule has 1 aliphatic carbocycles. The van der Waals surface area contributed by atoms with Crippen LogP contribution in [0.3, 0.4) is 0 Å². The first kappa shape index (κ1) is 18.7. The van der Waals surface area contributed by atoms with Crippen LogP contribution in [-0.2, 0) is 23.1 Å². The number of nitrogens with two attached hydrogens (primary N) is 2. The number of aromatic nitrogens is 1. The number of nitrogens with zero attached hydrogens (tertiary/aromatic N) is 3. The SMILES string of the molecule is CN1C[C@H](CN(CC(N)=O)CC(N)=O)C=C2c3cccc4c3c(cn4C)C[C@H]21. The van der Waals surface area contributed by atoms with Gasteiger partial charge < -0.3 is 16.0 Å². The lowest BCUT2D eigenvalue weighted by Gasteiger charge is -2.41. The first-order valence-electron chi connectivity index (χ1n) is 9.61. The summed E-state index contributed by atoms with van der Waals surface area (Å²) in [5.41, 5.74) is 16.0. The topological polar surface area (TPSA) is 97.6 Å². The van der Waals surface area contributed by atoms with Crippen LogP contribution in [0.25, 0.3) is 16.5 Å². The zero-order valence-electron chi connectivity index (χ0n) is 16.4. The molecule has 2 amide bonds. The Labute approximate surface area is 164 Å². The maximum Gasteiger partial charge on any atom is 0.231 e. The molecule has 2 aromatic rings. The minimum atomic E-state index is -0.452. The summed E-state index contributed by atoms with van der Waals surface area (Å²) < 4.78 is 2.20. The van der Waals surface area contributed by atoms with Crippen LogP contribution in [0.15, 0.2) is 30.5 Å². The maximum atomic E-state index is 11.4. The Balaban J connectivity index is 1.69. The van der Waals surface area contributed by atoms with Gasteiger partial charge in [0.2, 0.25) is 11.8 Å². The van der Waals surface area contributed by atoms with Crippen LogP contribution in [0.4, 0.5) is 0 Å². The molecule has 0 unspecified atom stereocenters. The van der Waals surface area contributed by atoms with E-state index in [4.69, 9.17) is 11.5 Å². The van der Waals surface area contributed by atoms with Crippen LogP contribution >= 0.6 is 0 Å². The lowest BCUT2D eigenvalue weighted by Crippen LogP contribution is -2.47. The van der Waals surface area contributed by atoms with Gasteiger partial charge in [-0.05, 0) is 36.2 Å². The van der Waals surface area contributed by atoms with Crippen LogP contribution in [0.2, 0.25) is 0 Å². The molecular weight excluding hydrogens is 354 g/mol. The number of likely N-dealkylation sites (N-methyl/N-ethyl adjacent to an activating group) is 1. The normalized spacial score (nSPS) is 21.6. The molecule has 2 atom stereocenters. The molecule has 7 heteroatoms. The van der Waals surface area contributed by atoms with Crippen molar-refractivity contribution < 1.29 is 9.59 Å². The van der Waals surface area contributed by atoms with E-state index in [1.807, 2.05) is 0 Å². The fourth-order valence-corrected chi connectivity index (χ4v) is 4.90. The second kappa shape index (κ2) is 7.07. The van der Waals surface area contributed by atoms with Crippen LogP contribution in [0.5, 0.6) is 0 Å². The number of amides is 2. The van der Waals surface area contributed by atoms with E-state index in [2.05, 4.69) is 54.0 Å². The molecule has 4 rings (SSSR count). The van der Waals surface area contributed by atoms with E-state index in [1.165, 1.54) is 27.6 Å². The predicted octanol–water partition coefficient (Wildman–Crippen LogP) is 0.321. The summed E-state index contributed by atoms with van der Waals surface area (Å²) in [5.74, 6) is -0.713. The minimum Gasteiger partial charge on any atom is -0.369 e. The van der Waals surface area contributed by atoms with E-state index in [1.54, 1.807) is 4.90 Å². The molecule has 0 bridgehead atoms. The van der Waals surface area contributed by atoms with E-state index in [9.17, 15) is 9.59 Å². The van der Waals surface area contributed by atoms with Crippen molar-refractivity contribution in [2.75, 3.05) is 33.2 Å². The molecule has 28 heavy (non-hydrogen) atoms. The van der Waals surface area contributed by atoms with Crippen molar-refractivity contribution in [2.24, 2.45) is 24.4 Å². The third-order valence-corrected chi connectivity index (χ3v) is 5.90. The molecule has 1 aromatic heterocycles. The Morgan fingerprint density at radius 3 is 2.57 bits per heavy atom. The number of carbonyl (C=O) groups excluding carboxylic acids is 2. The summed E-state index contributed by atoms with van der Waals surface area (Å²) in [6.45, 7) is 1.51. The zero-order valence-corrected chi connectivity index (χ0v) is 16.4. The molecule has 4 N–H and O–H groups in total. The number of rotatable bonds is 6. The highest BCUT2D eigenvalue weighted by Crippen LogP contribution is 2.41. The van der Waals surface area contributed by atoms with E-state index >= 15 is 0 Å². The highest BCUT2D eigenvalue weighted by molar-refractivity contribution is 5.98. The number of fused-ring (bicyclic) bond motifs is 2. The van der Waals surface area contributed by atoms with Gasteiger partial charge in [-0.2, -0.15) is 0 Å². The number of carbonyl (C=O) groups is 2. The molecule has 7 nitrogen and oxygen atoms in total. The third kappa shape index (κ3) is 3.31. The third-order valence-electron chi connectivity index (χ3n) is 5.90. The quantitative estimate of drug-likeness (QED) is 0.753. The van der Waals surface area contributed by atoms with Gasteiger partial charge in [-0.15, -0.1) is 0 Å². The van der Waals surface area contributed by atoms with Crippen LogP contribution in [-0.4, -0.2) is 65.4 Å². The molecule has 0 saturated carbocycles. The Kier molecular flexibility index (Phi) is 4.72. The monoisotopic (exact) mass is 381 g/mol. The fraction of sp³-hybridized carbons (Fsp3) is 0.429. The average Bonchev–Trinajstić information content (AvgIpc) is 2.92. The molecule has 1 aliphatic heterocycles. The smallest absolute Gasteiger partial charge is 0.231 e. The van der Waals surface area contributed by atoms with Crippen molar-refractivity contribution >= 4 is 28.3 Å².